The predicted molar refractivity (Wildman–Crippen MR) is 47.5 cm³/mol. The zero-order chi connectivity index (χ0) is 9.26. The zero-order valence-corrected chi connectivity index (χ0v) is 6.66. The summed E-state index contributed by atoms with van der Waals surface area (Å²) in [6.45, 7) is 0. The molecule has 0 bridgehead atoms. The van der Waals surface area contributed by atoms with Crippen molar-refractivity contribution in [3.05, 3.63) is 24.7 Å². The summed E-state index contributed by atoms with van der Waals surface area (Å²) in [5, 5.41) is 8.69. The Hall–Kier alpha value is -1.91. The largest absolute Gasteiger partial charge is 0.479 e. The van der Waals surface area contributed by atoms with Crippen LogP contribution in [0.25, 0.3) is 0 Å². The molecule has 0 spiro atoms. The number of amidine groups is 1. The minimum atomic E-state index is -0.952. The third-order valence-electron chi connectivity index (χ3n) is 1.72. The molecule has 0 saturated heterocycles. The van der Waals surface area contributed by atoms with Gasteiger partial charge in [-0.1, -0.05) is 0 Å². The second-order valence-electron chi connectivity index (χ2n) is 2.60. The second-order valence-corrected chi connectivity index (χ2v) is 2.60. The lowest BCUT2D eigenvalue weighted by Gasteiger charge is -2.21. The van der Waals surface area contributed by atoms with Crippen molar-refractivity contribution in [3.63, 3.8) is 0 Å². The van der Waals surface area contributed by atoms with Crippen molar-refractivity contribution in [2.24, 2.45) is 9.98 Å². The van der Waals surface area contributed by atoms with Gasteiger partial charge in [0.05, 0.1) is 6.21 Å². The molecular weight excluding hydrogens is 170 g/mol. The standard InChI is InChI=1S/C8H7N3O2/c12-8(13)6-1-3-11-4-2-9-5-7(11)10-6/h1-6H,(H,12,13). The first-order valence-electron chi connectivity index (χ1n) is 3.74. The molecule has 1 N–H and O–H groups in total. The Morgan fingerprint density at radius 1 is 1.54 bits per heavy atom. The minimum Gasteiger partial charge on any atom is -0.479 e. The Kier molecular flexibility index (Phi) is 1.70. The Labute approximate surface area is 74.4 Å². The molecule has 0 fully saturated rings. The van der Waals surface area contributed by atoms with Crippen LogP contribution in [0, 0.1) is 0 Å². The highest BCUT2D eigenvalue weighted by atomic mass is 16.4. The Bertz CT molecular complexity index is 354. The van der Waals surface area contributed by atoms with Crippen LogP contribution in [0.2, 0.25) is 0 Å². The maximum Gasteiger partial charge on any atom is 0.332 e. The summed E-state index contributed by atoms with van der Waals surface area (Å²) in [6, 6.07) is -0.788. The van der Waals surface area contributed by atoms with Crippen LogP contribution >= 0.6 is 0 Å². The highest BCUT2D eigenvalue weighted by Crippen LogP contribution is 2.09. The summed E-state index contributed by atoms with van der Waals surface area (Å²) in [5.74, 6) is -0.399. The maximum atomic E-state index is 10.6. The summed E-state index contributed by atoms with van der Waals surface area (Å²) in [5.41, 5.74) is 0. The van der Waals surface area contributed by atoms with Gasteiger partial charge in [0.15, 0.2) is 11.9 Å². The summed E-state index contributed by atoms with van der Waals surface area (Å²) in [6.07, 6.45) is 8.05. The van der Waals surface area contributed by atoms with Gasteiger partial charge in [-0.2, -0.15) is 0 Å². The van der Waals surface area contributed by atoms with Gasteiger partial charge in [0, 0.05) is 18.6 Å². The van der Waals surface area contributed by atoms with Gasteiger partial charge in [0.2, 0.25) is 0 Å². The van der Waals surface area contributed by atoms with Gasteiger partial charge < -0.3 is 10.0 Å². The van der Waals surface area contributed by atoms with E-state index in [1.807, 2.05) is 0 Å². The molecule has 1 unspecified atom stereocenters. The molecule has 0 aromatic rings. The summed E-state index contributed by atoms with van der Waals surface area (Å²) < 4.78 is 0. The molecular formula is C8H7N3O2. The van der Waals surface area contributed by atoms with Crippen LogP contribution in [0.1, 0.15) is 0 Å². The van der Waals surface area contributed by atoms with E-state index in [9.17, 15) is 4.79 Å². The van der Waals surface area contributed by atoms with Gasteiger partial charge >= 0.3 is 5.97 Å². The van der Waals surface area contributed by atoms with Gasteiger partial charge in [0.1, 0.15) is 0 Å². The topological polar surface area (TPSA) is 65.3 Å². The van der Waals surface area contributed by atoms with E-state index < -0.39 is 12.0 Å². The van der Waals surface area contributed by atoms with Gasteiger partial charge in [-0.05, 0) is 6.08 Å². The zero-order valence-electron chi connectivity index (χ0n) is 6.66. The third-order valence-corrected chi connectivity index (χ3v) is 1.72. The number of nitrogens with zero attached hydrogens (tertiary/aromatic N) is 3. The summed E-state index contributed by atoms with van der Waals surface area (Å²) >= 11 is 0. The smallest absolute Gasteiger partial charge is 0.332 e. The fourth-order valence-corrected chi connectivity index (χ4v) is 1.09. The summed E-state index contributed by atoms with van der Waals surface area (Å²) in [7, 11) is 0. The molecule has 0 aliphatic carbocycles. The first-order valence-corrected chi connectivity index (χ1v) is 3.74. The molecule has 2 aliphatic heterocycles. The van der Waals surface area contributed by atoms with Crippen LogP contribution in [0.15, 0.2) is 34.7 Å². The number of hydrogen-bond donors (Lipinski definition) is 1. The number of aliphatic carboxylic acids is 1. The van der Waals surface area contributed by atoms with E-state index >= 15 is 0 Å². The molecule has 5 heteroatoms. The molecule has 0 saturated carbocycles. The average Bonchev–Trinajstić information content (AvgIpc) is 2.17. The molecule has 0 amide bonds. The van der Waals surface area contributed by atoms with Gasteiger partial charge in [0.25, 0.3) is 0 Å². The lowest BCUT2D eigenvalue weighted by Crippen LogP contribution is -2.31. The lowest BCUT2D eigenvalue weighted by molar-refractivity contribution is -0.137. The second kappa shape index (κ2) is 2.85. The lowest BCUT2D eigenvalue weighted by atomic mass is 10.2. The predicted octanol–water partition coefficient (Wildman–Crippen LogP) is 0.223. The van der Waals surface area contributed by atoms with E-state index in [-0.39, 0.29) is 0 Å². The average molecular weight is 177 g/mol. The SMILES string of the molecule is O=C(O)C1C=CN2C=CN=CC2=N1. The van der Waals surface area contributed by atoms with E-state index in [4.69, 9.17) is 5.11 Å². The van der Waals surface area contributed by atoms with E-state index in [0.717, 1.165) is 0 Å². The van der Waals surface area contributed by atoms with Crippen molar-refractivity contribution in [1.82, 2.24) is 4.90 Å². The van der Waals surface area contributed by atoms with Crippen molar-refractivity contribution in [1.29, 1.82) is 0 Å². The molecule has 2 rings (SSSR count). The van der Waals surface area contributed by atoms with Crippen molar-refractivity contribution in [2.75, 3.05) is 0 Å². The number of rotatable bonds is 1. The number of fused-ring (bicyclic) bond motifs is 1. The molecule has 2 heterocycles. The molecule has 0 aromatic heterocycles. The van der Waals surface area contributed by atoms with Crippen LogP contribution in [-0.2, 0) is 4.79 Å². The fourth-order valence-electron chi connectivity index (χ4n) is 1.09. The normalized spacial score (nSPS) is 24.2. The van der Waals surface area contributed by atoms with E-state index in [1.54, 1.807) is 23.5 Å². The van der Waals surface area contributed by atoms with Crippen LogP contribution < -0.4 is 0 Å². The van der Waals surface area contributed by atoms with Crippen LogP contribution in [-0.4, -0.2) is 34.1 Å². The van der Waals surface area contributed by atoms with Crippen molar-refractivity contribution >= 4 is 18.0 Å². The van der Waals surface area contributed by atoms with Gasteiger partial charge in [-0.15, -0.1) is 0 Å². The highest BCUT2D eigenvalue weighted by molar-refractivity contribution is 6.31. The van der Waals surface area contributed by atoms with Crippen molar-refractivity contribution in [2.45, 2.75) is 6.04 Å². The quantitative estimate of drug-likeness (QED) is 0.623. The number of carbonyl (C=O) groups is 1. The monoisotopic (exact) mass is 177 g/mol. The number of carboxylic acids is 1. The van der Waals surface area contributed by atoms with Crippen LogP contribution in [0.5, 0.6) is 0 Å². The maximum absolute atomic E-state index is 10.6. The molecule has 0 aromatic carbocycles. The highest BCUT2D eigenvalue weighted by Gasteiger charge is 2.19. The van der Waals surface area contributed by atoms with Crippen molar-refractivity contribution < 1.29 is 9.90 Å². The van der Waals surface area contributed by atoms with Crippen LogP contribution in [0.3, 0.4) is 0 Å². The Morgan fingerprint density at radius 2 is 2.38 bits per heavy atom. The Morgan fingerprint density at radius 3 is 3.15 bits per heavy atom. The van der Waals surface area contributed by atoms with E-state index in [2.05, 4.69) is 9.98 Å². The molecule has 13 heavy (non-hydrogen) atoms. The van der Waals surface area contributed by atoms with E-state index in [1.165, 1.54) is 12.3 Å². The van der Waals surface area contributed by atoms with Gasteiger partial charge in [-0.25, -0.2) is 9.79 Å². The van der Waals surface area contributed by atoms with Crippen molar-refractivity contribution in [3.8, 4) is 0 Å². The number of carboxylic acid groups (broad SMARTS) is 1. The number of hydrogen-bond acceptors (Lipinski definition) is 4. The Balaban J connectivity index is 2.27. The molecule has 0 radical (unpaired) electrons. The fraction of sp³-hybridized carbons (Fsp3) is 0.125. The summed E-state index contributed by atoms with van der Waals surface area (Å²) in [4.78, 5) is 20.1. The van der Waals surface area contributed by atoms with Gasteiger partial charge in [-0.3, -0.25) is 4.99 Å². The third kappa shape index (κ3) is 1.35. The van der Waals surface area contributed by atoms with E-state index in [0.29, 0.717) is 5.84 Å². The molecule has 1 atom stereocenters. The molecule has 5 nitrogen and oxygen atoms in total. The molecule has 66 valence electrons. The number of aliphatic imine (C=N–C) groups is 2. The molecule has 2 aliphatic rings. The van der Waals surface area contributed by atoms with Crippen LogP contribution in [0.4, 0.5) is 0 Å². The first-order chi connectivity index (χ1) is 6.27. The first kappa shape index (κ1) is 7.72. The minimum absolute atomic E-state index is 0.553.